The average Bonchev–Trinajstić information content (AvgIpc) is 3.59. The average molecular weight is 420 g/mol. The zero-order chi connectivity index (χ0) is 22.0. The summed E-state index contributed by atoms with van der Waals surface area (Å²) >= 11 is 0. The van der Waals surface area contributed by atoms with E-state index in [0.717, 1.165) is 29.8 Å². The maximum Gasteiger partial charge on any atom is 0.303 e. The van der Waals surface area contributed by atoms with Gasteiger partial charge in [-0.1, -0.05) is 18.2 Å². The number of carboxylic acid groups (broad SMARTS) is 1. The molecule has 0 bridgehead atoms. The fraction of sp³-hybridized carbons (Fsp3) is 0.440. The molecule has 2 fully saturated rings. The molecule has 4 atom stereocenters. The van der Waals surface area contributed by atoms with Gasteiger partial charge < -0.3 is 20.1 Å². The minimum Gasteiger partial charge on any atom is -0.481 e. The van der Waals surface area contributed by atoms with Gasteiger partial charge in [-0.25, -0.2) is 0 Å². The second kappa shape index (κ2) is 8.99. The summed E-state index contributed by atoms with van der Waals surface area (Å²) in [7, 11) is 0. The molecule has 2 aliphatic rings. The van der Waals surface area contributed by atoms with Crippen LogP contribution in [0.1, 0.15) is 50.2 Å². The molecule has 1 heterocycles. The second-order valence-electron chi connectivity index (χ2n) is 8.68. The Hall–Kier alpha value is -3.04. The molecule has 162 valence electrons. The van der Waals surface area contributed by atoms with E-state index in [1.54, 1.807) is 12.1 Å². The van der Waals surface area contributed by atoms with Crippen LogP contribution in [0.5, 0.6) is 0 Å². The van der Waals surface area contributed by atoms with E-state index in [1.165, 1.54) is 0 Å². The lowest BCUT2D eigenvalue weighted by molar-refractivity contribution is -0.137. The van der Waals surface area contributed by atoms with E-state index in [2.05, 4.69) is 42.3 Å². The number of hydrogen-bond acceptors (Lipinski definition) is 5. The SMILES string of the molecule is C[C@H]1CN(c2ccccc2C(CC(=O)O)C2CC2)C(Nc2ccc(C#N)cc2)[C@@H](C)O1. The van der Waals surface area contributed by atoms with Gasteiger partial charge in [0, 0.05) is 17.9 Å². The zero-order valence-corrected chi connectivity index (χ0v) is 18.0. The van der Waals surface area contributed by atoms with Crippen molar-refractivity contribution in [1.29, 1.82) is 5.26 Å². The van der Waals surface area contributed by atoms with Gasteiger partial charge >= 0.3 is 5.97 Å². The lowest BCUT2D eigenvalue weighted by Crippen LogP contribution is -2.57. The number of nitrogens with one attached hydrogen (secondary N) is 1. The van der Waals surface area contributed by atoms with Crippen LogP contribution in [0.2, 0.25) is 0 Å². The van der Waals surface area contributed by atoms with Crippen LogP contribution < -0.4 is 10.2 Å². The molecule has 0 amide bonds. The van der Waals surface area contributed by atoms with E-state index in [4.69, 9.17) is 10.00 Å². The highest BCUT2D eigenvalue weighted by Crippen LogP contribution is 2.47. The normalized spacial score (nSPS) is 24.3. The fourth-order valence-corrected chi connectivity index (χ4v) is 4.66. The lowest BCUT2D eigenvalue weighted by atomic mass is 9.89. The number of para-hydroxylation sites is 1. The van der Waals surface area contributed by atoms with Crippen molar-refractivity contribution >= 4 is 17.3 Å². The molecular formula is C25H29N3O3. The van der Waals surface area contributed by atoms with Crippen molar-refractivity contribution in [2.24, 2.45) is 5.92 Å². The van der Waals surface area contributed by atoms with Gasteiger partial charge in [-0.05, 0) is 74.4 Å². The first-order chi connectivity index (χ1) is 15.0. The molecule has 2 N–H and O–H groups in total. The Morgan fingerprint density at radius 2 is 1.94 bits per heavy atom. The Balaban J connectivity index is 1.68. The fourth-order valence-electron chi connectivity index (χ4n) is 4.66. The predicted octanol–water partition coefficient (Wildman–Crippen LogP) is 4.58. The first-order valence-electron chi connectivity index (χ1n) is 11.0. The number of morpholine rings is 1. The van der Waals surface area contributed by atoms with Crippen LogP contribution in [0.4, 0.5) is 11.4 Å². The van der Waals surface area contributed by atoms with Crippen LogP contribution in [0.25, 0.3) is 0 Å². The van der Waals surface area contributed by atoms with Gasteiger partial charge in [0.25, 0.3) is 0 Å². The number of ether oxygens (including phenoxy) is 1. The molecule has 2 aromatic carbocycles. The molecule has 31 heavy (non-hydrogen) atoms. The van der Waals surface area contributed by atoms with Crippen LogP contribution >= 0.6 is 0 Å². The number of benzene rings is 2. The van der Waals surface area contributed by atoms with Crippen LogP contribution in [0, 0.1) is 17.2 Å². The lowest BCUT2D eigenvalue weighted by Gasteiger charge is -2.45. The topological polar surface area (TPSA) is 85.6 Å². The van der Waals surface area contributed by atoms with Gasteiger partial charge in [-0.2, -0.15) is 5.26 Å². The molecule has 2 aromatic rings. The number of aliphatic carboxylic acids is 1. The highest BCUT2D eigenvalue weighted by atomic mass is 16.5. The summed E-state index contributed by atoms with van der Waals surface area (Å²) in [5.41, 5.74) is 3.73. The Labute approximate surface area is 183 Å². The van der Waals surface area contributed by atoms with Crippen molar-refractivity contribution in [2.75, 3.05) is 16.8 Å². The Morgan fingerprint density at radius 1 is 1.23 bits per heavy atom. The molecular weight excluding hydrogens is 390 g/mol. The number of nitriles is 1. The molecule has 1 aliphatic carbocycles. The zero-order valence-electron chi connectivity index (χ0n) is 18.0. The molecule has 1 aliphatic heterocycles. The summed E-state index contributed by atoms with van der Waals surface area (Å²) < 4.78 is 6.14. The monoisotopic (exact) mass is 419 g/mol. The summed E-state index contributed by atoms with van der Waals surface area (Å²) in [5, 5.41) is 22.2. The molecule has 6 heteroatoms. The summed E-state index contributed by atoms with van der Waals surface area (Å²) in [4.78, 5) is 13.9. The predicted molar refractivity (Wildman–Crippen MR) is 120 cm³/mol. The maximum absolute atomic E-state index is 11.6. The van der Waals surface area contributed by atoms with Crippen molar-refractivity contribution in [2.45, 2.75) is 57.4 Å². The Morgan fingerprint density at radius 3 is 2.58 bits per heavy atom. The first-order valence-corrected chi connectivity index (χ1v) is 11.0. The van der Waals surface area contributed by atoms with E-state index >= 15 is 0 Å². The Bertz CT molecular complexity index is 965. The number of carbonyl (C=O) groups is 1. The van der Waals surface area contributed by atoms with Crippen molar-refractivity contribution in [1.82, 2.24) is 0 Å². The van der Waals surface area contributed by atoms with Gasteiger partial charge in [0.05, 0.1) is 30.3 Å². The number of hydrogen-bond donors (Lipinski definition) is 2. The van der Waals surface area contributed by atoms with Gasteiger partial charge in [0.1, 0.15) is 6.17 Å². The molecule has 0 aromatic heterocycles. The summed E-state index contributed by atoms with van der Waals surface area (Å²) in [5.74, 6) is -0.279. The summed E-state index contributed by atoms with van der Waals surface area (Å²) in [6.07, 6.45) is 2.21. The van der Waals surface area contributed by atoms with Gasteiger partial charge in [0.2, 0.25) is 0 Å². The molecule has 6 nitrogen and oxygen atoms in total. The largest absolute Gasteiger partial charge is 0.481 e. The number of nitrogens with zero attached hydrogens (tertiary/aromatic N) is 2. The highest BCUT2D eigenvalue weighted by molar-refractivity contribution is 5.70. The highest BCUT2D eigenvalue weighted by Gasteiger charge is 2.38. The van der Waals surface area contributed by atoms with E-state index in [-0.39, 0.29) is 30.7 Å². The van der Waals surface area contributed by atoms with Crippen molar-refractivity contribution in [3.8, 4) is 6.07 Å². The molecule has 2 unspecified atom stereocenters. The molecule has 0 radical (unpaired) electrons. The van der Waals surface area contributed by atoms with E-state index in [0.29, 0.717) is 18.0 Å². The summed E-state index contributed by atoms with van der Waals surface area (Å²) in [6.45, 7) is 4.83. The van der Waals surface area contributed by atoms with Crippen molar-refractivity contribution in [3.05, 3.63) is 59.7 Å². The van der Waals surface area contributed by atoms with Gasteiger partial charge in [-0.3, -0.25) is 4.79 Å². The first kappa shape index (κ1) is 21.2. The standard InChI is InChI=1S/C25H29N3O3/c1-16-15-28(25(17(2)31-16)27-20-11-7-18(14-26)8-12-20)23-6-4-3-5-21(23)22(13-24(29)30)19-9-10-19/h3-8,11-12,16-17,19,22,25,27H,9-10,13,15H2,1-2H3,(H,29,30)/t16-,17+,22?,25?/m0/s1. The van der Waals surface area contributed by atoms with Crippen LogP contribution in [-0.4, -0.2) is 36.0 Å². The minimum atomic E-state index is -0.748. The molecule has 1 saturated carbocycles. The Kier molecular flexibility index (Phi) is 6.15. The maximum atomic E-state index is 11.6. The molecule has 0 spiro atoms. The van der Waals surface area contributed by atoms with Gasteiger partial charge in [0.15, 0.2) is 0 Å². The van der Waals surface area contributed by atoms with Crippen molar-refractivity contribution in [3.63, 3.8) is 0 Å². The second-order valence-corrected chi connectivity index (χ2v) is 8.68. The smallest absolute Gasteiger partial charge is 0.303 e. The van der Waals surface area contributed by atoms with Crippen LogP contribution in [-0.2, 0) is 9.53 Å². The van der Waals surface area contributed by atoms with Crippen molar-refractivity contribution < 1.29 is 14.6 Å². The molecule has 4 rings (SSSR count). The van der Waals surface area contributed by atoms with Gasteiger partial charge in [-0.15, -0.1) is 0 Å². The van der Waals surface area contributed by atoms with Crippen LogP contribution in [0.3, 0.4) is 0 Å². The number of anilines is 2. The summed E-state index contributed by atoms with van der Waals surface area (Å²) in [6, 6.07) is 17.8. The van der Waals surface area contributed by atoms with E-state index in [1.807, 2.05) is 24.3 Å². The third-order valence-corrected chi connectivity index (χ3v) is 6.24. The van der Waals surface area contributed by atoms with E-state index < -0.39 is 5.97 Å². The van der Waals surface area contributed by atoms with E-state index in [9.17, 15) is 9.90 Å². The van der Waals surface area contributed by atoms with Crippen LogP contribution in [0.15, 0.2) is 48.5 Å². The molecule has 1 saturated heterocycles. The minimum absolute atomic E-state index is 0.0257. The quantitative estimate of drug-likeness (QED) is 0.683. The number of rotatable bonds is 7. The third kappa shape index (κ3) is 4.83. The third-order valence-electron chi connectivity index (χ3n) is 6.24. The number of carboxylic acids is 1.